The van der Waals surface area contributed by atoms with E-state index in [1.54, 1.807) is 0 Å². The van der Waals surface area contributed by atoms with E-state index in [1.165, 1.54) is 18.0 Å². The summed E-state index contributed by atoms with van der Waals surface area (Å²) in [4.78, 5) is 13.2. The molecule has 0 aromatic heterocycles. The zero-order valence-corrected chi connectivity index (χ0v) is 9.95. The summed E-state index contributed by atoms with van der Waals surface area (Å²) >= 11 is 0. The van der Waals surface area contributed by atoms with E-state index in [9.17, 15) is 13.6 Å². The number of rotatable bonds is 2. The molecule has 18 heavy (non-hydrogen) atoms. The van der Waals surface area contributed by atoms with Gasteiger partial charge in [0.05, 0.1) is 18.9 Å². The fourth-order valence-electron chi connectivity index (χ4n) is 1.83. The lowest BCUT2D eigenvalue weighted by Crippen LogP contribution is -2.51. The summed E-state index contributed by atoms with van der Waals surface area (Å²) in [5.41, 5.74) is 0.0498. The van der Waals surface area contributed by atoms with Gasteiger partial charge in [0.25, 0.3) is 0 Å². The van der Waals surface area contributed by atoms with E-state index in [1.807, 2.05) is 0 Å². The lowest BCUT2D eigenvalue weighted by molar-refractivity contribution is -0.123. The number of nitrogens with one attached hydrogen (secondary N) is 1. The van der Waals surface area contributed by atoms with Crippen LogP contribution in [0.25, 0.3) is 0 Å². The van der Waals surface area contributed by atoms with Crippen LogP contribution in [0.3, 0.4) is 0 Å². The van der Waals surface area contributed by atoms with Crippen LogP contribution in [0.4, 0.5) is 14.5 Å². The monoisotopic (exact) mass is 256 g/mol. The summed E-state index contributed by atoms with van der Waals surface area (Å²) < 4.78 is 31.5. The minimum absolute atomic E-state index is 0.0498. The molecule has 1 aromatic carbocycles. The van der Waals surface area contributed by atoms with E-state index in [4.69, 9.17) is 4.74 Å². The van der Waals surface area contributed by atoms with E-state index in [0.717, 1.165) is 12.1 Å². The Morgan fingerprint density at radius 2 is 2.28 bits per heavy atom. The number of hydrogen-bond donors (Lipinski definition) is 1. The number of hydrogen-bond acceptors (Lipinski definition) is 3. The molecule has 1 aliphatic rings. The van der Waals surface area contributed by atoms with Crippen LogP contribution in [0, 0.1) is 11.6 Å². The van der Waals surface area contributed by atoms with Crippen LogP contribution in [-0.2, 0) is 9.53 Å². The van der Waals surface area contributed by atoms with Crippen LogP contribution in [0.5, 0.6) is 0 Å². The van der Waals surface area contributed by atoms with Gasteiger partial charge in [0.15, 0.2) is 0 Å². The molecule has 1 heterocycles. The highest BCUT2D eigenvalue weighted by molar-refractivity contribution is 5.97. The van der Waals surface area contributed by atoms with Gasteiger partial charge < -0.3 is 15.0 Å². The quantitative estimate of drug-likeness (QED) is 0.855. The van der Waals surface area contributed by atoms with Crippen LogP contribution in [0.2, 0.25) is 0 Å². The summed E-state index contributed by atoms with van der Waals surface area (Å²) in [5.74, 6) is -1.74. The Kier molecular flexibility index (Phi) is 3.88. The van der Waals surface area contributed by atoms with Gasteiger partial charge in [-0.2, -0.15) is 0 Å². The molecule has 0 bridgehead atoms. The molecule has 6 heteroatoms. The number of halogens is 2. The van der Waals surface area contributed by atoms with Gasteiger partial charge in [-0.25, -0.2) is 8.78 Å². The third kappa shape index (κ3) is 2.65. The number of likely N-dealkylation sites (N-methyl/N-ethyl adjacent to an activating group) is 1. The van der Waals surface area contributed by atoms with E-state index in [0.29, 0.717) is 13.2 Å². The first-order chi connectivity index (χ1) is 8.59. The molecule has 1 atom stereocenters. The van der Waals surface area contributed by atoms with E-state index in [2.05, 4.69) is 5.32 Å². The maximum absolute atomic E-state index is 13.5. The predicted molar refractivity (Wildman–Crippen MR) is 62.4 cm³/mol. The molecule has 2 rings (SSSR count). The fourth-order valence-corrected chi connectivity index (χ4v) is 1.83. The summed E-state index contributed by atoms with van der Waals surface area (Å²) in [6, 6.07) is 2.62. The molecule has 0 spiro atoms. The Morgan fingerprint density at radius 3 is 2.89 bits per heavy atom. The molecule has 1 fully saturated rings. The smallest absolute Gasteiger partial charge is 0.246 e. The second kappa shape index (κ2) is 5.41. The molecule has 0 aliphatic carbocycles. The number of amides is 1. The van der Waals surface area contributed by atoms with Crippen molar-refractivity contribution in [2.75, 3.05) is 31.7 Å². The molecule has 1 saturated heterocycles. The largest absolute Gasteiger partial charge is 0.378 e. The highest BCUT2D eigenvalue weighted by Crippen LogP contribution is 2.19. The number of carbonyl (C=O) groups is 1. The van der Waals surface area contributed by atoms with Crippen LogP contribution >= 0.6 is 0 Å². The van der Waals surface area contributed by atoms with E-state index < -0.39 is 17.7 Å². The summed E-state index contributed by atoms with van der Waals surface area (Å²) in [6.45, 7) is 1.39. The lowest BCUT2D eigenvalue weighted by Gasteiger charge is -2.27. The van der Waals surface area contributed by atoms with Gasteiger partial charge in [0, 0.05) is 19.7 Å². The van der Waals surface area contributed by atoms with Gasteiger partial charge in [-0.05, 0) is 12.1 Å². The van der Waals surface area contributed by atoms with Gasteiger partial charge in [-0.1, -0.05) is 0 Å². The van der Waals surface area contributed by atoms with Crippen molar-refractivity contribution in [2.24, 2.45) is 0 Å². The average molecular weight is 256 g/mol. The highest BCUT2D eigenvalue weighted by atomic mass is 19.1. The molecule has 0 radical (unpaired) electrons. The van der Waals surface area contributed by atoms with Crippen LogP contribution in [0.15, 0.2) is 18.2 Å². The third-order valence-corrected chi connectivity index (χ3v) is 2.82. The lowest BCUT2D eigenvalue weighted by atomic mass is 10.2. The van der Waals surface area contributed by atoms with Gasteiger partial charge in [0.2, 0.25) is 5.91 Å². The minimum Gasteiger partial charge on any atom is -0.378 e. The number of carbonyl (C=O) groups excluding carboxylic acids is 1. The van der Waals surface area contributed by atoms with Crippen molar-refractivity contribution in [3.63, 3.8) is 0 Å². The van der Waals surface area contributed by atoms with Crippen molar-refractivity contribution in [3.05, 3.63) is 29.8 Å². The van der Waals surface area contributed by atoms with Crippen molar-refractivity contribution in [1.82, 2.24) is 5.32 Å². The molecule has 4 nitrogen and oxygen atoms in total. The Morgan fingerprint density at radius 1 is 1.50 bits per heavy atom. The van der Waals surface area contributed by atoms with Crippen molar-refractivity contribution in [2.45, 2.75) is 6.04 Å². The molecule has 1 aromatic rings. The normalized spacial score (nSPS) is 19.6. The van der Waals surface area contributed by atoms with Crippen molar-refractivity contribution in [1.29, 1.82) is 0 Å². The number of ether oxygens (including phenoxy) is 1. The summed E-state index contributed by atoms with van der Waals surface area (Å²) in [6.07, 6.45) is 0. The molecular weight excluding hydrogens is 242 g/mol. The second-order valence-corrected chi connectivity index (χ2v) is 4.07. The molecule has 1 amide bonds. The summed E-state index contributed by atoms with van der Waals surface area (Å²) in [7, 11) is 1.45. The molecule has 98 valence electrons. The molecular formula is C12H14F2N2O2. The number of benzene rings is 1. The standard InChI is InChI=1S/C12H14F2N2O2/c1-16(11-3-2-8(13)6-9(11)14)12(17)10-7-18-5-4-15-10/h2-3,6,10,15H,4-5,7H2,1H3. The highest BCUT2D eigenvalue weighted by Gasteiger charge is 2.26. The zero-order valence-electron chi connectivity index (χ0n) is 9.95. The predicted octanol–water partition coefficient (Wildman–Crippen LogP) is 0.916. The van der Waals surface area contributed by atoms with Gasteiger partial charge in [-0.15, -0.1) is 0 Å². The van der Waals surface area contributed by atoms with Crippen molar-refractivity contribution < 1.29 is 18.3 Å². The first kappa shape index (κ1) is 12.9. The number of morpholine rings is 1. The Balaban J connectivity index is 2.14. The molecule has 1 unspecified atom stereocenters. The molecule has 0 saturated carbocycles. The first-order valence-corrected chi connectivity index (χ1v) is 5.63. The zero-order chi connectivity index (χ0) is 13.1. The number of nitrogens with zero attached hydrogens (tertiary/aromatic N) is 1. The molecule has 1 N–H and O–H groups in total. The fraction of sp³-hybridized carbons (Fsp3) is 0.417. The van der Waals surface area contributed by atoms with Gasteiger partial charge >= 0.3 is 0 Å². The van der Waals surface area contributed by atoms with Gasteiger partial charge in [-0.3, -0.25) is 4.79 Å². The maximum atomic E-state index is 13.5. The maximum Gasteiger partial charge on any atom is 0.246 e. The van der Waals surface area contributed by atoms with Crippen molar-refractivity contribution >= 4 is 11.6 Å². The van der Waals surface area contributed by atoms with Gasteiger partial charge in [0.1, 0.15) is 17.7 Å². The summed E-state index contributed by atoms with van der Waals surface area (Å²) in [5, 5.41) is 2.99. The Hall–Kier alpha value is -1.53. The topological polar surface area (TPSA) is 41.6 Å². The Bertz CT molecular complexity index is 448. The number of anilines is 1. The van der Waals surface area contributed by atoms with Crippen LogP contribution in [0.1, 0.15) is 0 Å². The van der Waals surface area contributed by atoms with E-state index in [-0.39, 0.29) is 18.2 Å². The van der Waals surface area contributed by atoms with Crippen molar-refractivity contribution in [3.8, 4) is 0 Å². The first-order valence-electron chi connectivity index (χ1n) is 5.63. The molecule has 1 aliphatic heterocycles. The average Bonchev–Trinajstić information content (AvgIpc) is 2.38. The minimum atomic E-state index is -0.762. The SMILES string of the molecule is CN(C(=O)C1COCCN1)c1ccc(F)cc1F. The van der Waals surface area contributed by atoms with Crippen LogP contribution in [-0.4, -0.2) is 38.8 Å². The Labute approximate surface area is 104 Å². The third-order valence-electron chi connectivity index (χ3n) is 2.82. The second-order valence-electron chi connectivity index (χ2n) is 4.07. The van der Waals surface area contributed by atoms with E-state index >= 15 is 0 Å². The van der Waals surface area contributed by atoms with Crippen LogP contribution < -0.4 is 10.2 Å².